The minimum atomic E-state index is -4.38. The van der Waals surface area contributed by atoms with E-state index in [-0.39, 0.29) is 0 Å². The summed E-state index contributed by atoms with van der Waals surface area (Å²) in [6, 6.07) is 11.5. The SMILES string of the molecule is C[Si](C)(C)OC(=O)c1ccccc1-c1ccc(C(F)(F)F)cc1. The standard InChI is InChI=1S/C17H17F3O2Si/c1-23(2,3)22-16(21)15-7-5-4-6-14(15)12-8-10-13(11-9-12)17(18,19)20/h4-11H,1-3H3. The van der Waals surface area contributed by atoms with Crippen LogP contribution in [0.4, 0.5) is 13.2 Å². The van der Waals surface area contributed by atoms with E-state index in [9.17, 15) is 18.0 Å². The molecule has 122 valence electrons. The molecule has 0 aliphatic heterocycles. The van der Waals surface area contributed by atoms with Crippen LogP contribution in [0.3, 0.4) is 0 Å². The molecule has 2 aromatic carbocycles. The third-order valence-electron chi connectivity index (χ3n) is 3.07. The van der Waals surface area contributed by atoms with E-state index < -0.39 is 26.0 Å². The van der Waals surface area contributed by atoms with Gasteiger partial charge in [0.25, 0.3) is 0 Å². The van der Waals surface area contributed by atoms with Crippen LogP contribution in [-0.2, 0) is 10.6 Å². The third-order valence-corrected chi connectivity index (χ3v) is 3.87. The van der Waals surface area contributed by atoms with Crippen LogP contribution in [0.2, 0.25) is 19.6 Å². The monoisotopic (exact) mass is 338 g/mol. The largest absolute Gasteiger partial charge is 0.516 e. The first kappa shape index (κ1) is 17.3. The highest BCUT2D eigenvalue weighted by Gasteiger charge is 2.30. The van der Waals surface area contributed by atoms with Gasteiger partial charge < -0.3 is 4.43 Å². The Bertz CT molecular complexity index is 701. The lowest BCUT2D eigenvalue weighted by molar-refractivity contribution is -0.137. The second-order valence-electron chi connectivity index (χ2n) is 6.12. The summed E-state index contributed by atoms with van der Waals surface area (Å²) < 4.78 is 43.4. The fourth-order valence-electron chi connectivity index (χ4n) is 2.08. The Kier molecular flexibility index (Phi) is 4.65. The Balaban J connectivity index is 2.39. The minimum Gasteiger partial charge on any atom is -0.516 e. The molecule has 2 nitrogen and oxygen atoms in total. The summed E-state index contributed by atoms with van der Waals surface area (Å²) in [5, 5.41) is 0. The fraction of sp³-hybridized carbons (Fsp3) is 0.235. The zero-order chi connectivity index (χ0) is 17.3. The Morgan fingerprint density at radius 1 is 0.957 bits per heavy atom. The molecule has 0 amide bonds. The summed E-state index contributed by atoms with van der Waals surface area (Å²) in [5.41, 5.74) is 0.740. The van der Waals surface area contributed by atoms with Crippen LogP contribution in [-0.4, -0.2) is 14.3 Å². The average molecular weight is 338 g/mol. The van der Waals surface area contributed by atoms with Gasteiger partial charge in [-0.25, -0.2) is 4.79 Å². The molecule has 0 N–H and O–H groups in total. The minimum absolute atomic E-state index is 0.356. The zero-order valence-electron chi connectivity index (χ0n) is 13.1. The van der Waals surface area contributed by atoms with Gasteiger partial charge in [-0.3, -0.25) is 0 Å². The molecule has 0 bridgehead atoms. The van der Waals surface area contributed by atoms with Crippen molar-refractivity contribution >= 4 is 14.3 Å². The van der Waals surface area contributed by atoms with Crippen molar-refractivity contribution in [2.75, 3.05) is 0 Å². The van der Waals surface area contributed by atoms with E-state index >= 15 is 0 Å². The van der Waals surface area contributed by atoms with Crippen molar-refractivity contribution in [3.8, 4) is 11.1 Å². The summed E-state index contributed by atoms with van der Waals surface area (Å²) in [7, 11) is -2.06. The summed E-state index contributed by atoms with van der Waals surface area (Å²) in [4.78, 5) is 12.3. The Morgan fingerprint density at radius 3 is 2.04 bits per heavy atom. The van der Waals surface area contributed by atoms with Gasteiger partial charge in [0.2, 0.25) is 8.32 Å². The van der Waals surface area contributed by atoms with Crippen molar-refractivity contribution in [2.45, 2.75) is 25.8 Å². The van der Waals surface area contributed by atoms with Gasteiger partial charge in [0, 0.05) is 0 Å². The summed E-state index contributed by atoms with van der Waals surface area (Å²) in [6.45, 7) is 5.68. The Hall–Kier alpha value is -2.08. The van der Waals surface area contributed by atoms with E-state index in [4.69, 9.17) is 4.43 Å². The lowest BCUT2D eigenvalue weighted by atomic mass is 9.99. The molecule has 0 saturated carbocycles. The number of carbonyl (C=O) groups excluding carboxylic acids is 1. The van der Waals surface area contributed by atoms with Gasteiger partial charge in [-0.15, -0.1) is 0 Å². The fourth-order valence-corrected chi connectivity index (χ4v) is 2.75. The van der Waals surface area contributed by atoms with Crippen molar-refractivity contribution in [2.24, 2.45) is 0 Å². The van der Waals surface area contributed by atoms with E-state index in [0.29, 0.717) is 16.7 Å². The molecule has 0 heterocycles. The van der Waals surface area contributed by atoms with Crippen molar-refractivity contribution in [1.82, 2.24) is 0 Å². The van der Waals surface area contributed by atoms with Gasteiger partial charge in [0.05, 0.1) is 11.1 Å². The number of hydrogen-bond acceptors (Lipinski definition) is 2. The number of halogens is 3. The van der Waals surface area contributed by atoms with Gasteiger partial charge in [0.15, 0.2) is 0 Å². The molecule has 0 aromatic heterocycles. The second-order valence-corrected chi connectivity index (χ2v) is 10.6. The van der Waals surface area contributed by atoms with E-state index in [1.165, 1.54) is 12.1 Å². The van der Waals surface area contributed by atoms with Crippen molar-refractivity contribution in [3.63, 3.8) is 0 Å². The summed E-state index contributed by atoms with van der Waals surface area (Å²) >= 11 is 0. The van der Waals surface area contributed by atoms with Crippen LogP contribution in [0.15, 0.2) is 48.5 Å². The lowest BCUT2D eigenvalue weighted by Crippen LogP contribution is -2.29. The molecule has 0 unspecified atom stereocenters. The molecule has 6 heteroatoms. The maximum atomic E-state index is 12.6. The predicted molar refractivity (Wildman–Crippen MR) is 85.6 cm³/mol. The van der Waals surface area contributed by atoms with Crippen LogP contribution >= 0.6 is 0 Å². The first-order valence-corrected chi connectivity index (χ1v) is 10.5. The second kappa shape index (κ2) is 6.20. The molecule has 0 saturated heterocycles. The van der Waals surface area contributed by atoms with Crippen molar-refractivity contribution < 1.29 is 22.4 Å². The molecule has 0 radical (unpaired) electrons. The van der Waals surface area contributed by atoms with Gasteiger partial charge in [-0.1, -0.05) is 30.3 Å². The maximum Gasteiger partial charge on any atom is 0.416 e. The first-order chi connectivity index (χ1) is 10.6. The molecule has 0 aliphatic rings. The lowest BCUT2D eigenvalue weighted by Gasteiger charge is -2.19. The van der Waals surface area contributed by atoms with Crippen LogP contribution in [0.5, 0.6) is 0 Å². The van der Waals surface area contributed by atoms with Gasteiger partial charge in [-0.2, -0.15) is 13.2 Å². The molecule has 0 aliphatic carbocycles. The quantitative estimate of drug-likeness (QED) is 0.704. The number of carbonyl (C=O) groups is 1. The first-order valence-electron chi connectivity index (χ1n) is 7.08. The normalized spacial score (nSPS) is 12.1. The van der Waals surface area contributed by atoms with Crippen LogP contribution < -0.4 is 0 Å². The smallest absolute Gasteiger partial charge is 0.416 e. The zero-order valence-corrected chi connectivity index (χ0v) is 14.1. The van der Waals surface area contributed by atoms with Crippen LogP contribution in [0.1, 0.15) is 15.9 Å². The highest BCUT2D eigenvalue weighted by atomic mass is 28.4. The third kappa shape index (κ3) is 4.45. The molecular weight excluding hydrogens is 321 g/mol. The molecular formula is C17H17F3O2Si. The van der Waals surface area contributed by atoms with Crippen molar-refractivity contribution in [3.05, 3.63) is 59.7 Å². The Morgan fingerprint density at radius 2 is 1.52 bits per heavy atom. The van der Waals surface area contributed by atoms with Crippen LogP contribution in [0, 0.1) is 0 Å². The van der Waals surface area contributed by atoms with E-state index in [1.54, 1.807) is 24.3 Å². The van der Waals surface area contributed by atoms with Crippen LogP contribution in [0.25, 0.3) is 11.1 Å². The molecule has 0 atom stereocenters. The predicted octanol–water partition coefficient (Wildman–Crippen LogP) is 5.36. The highest BCUT2D eigenvalue weighted by Crippen LogP contribution is 2.32. The molecule has 2 aromatic rings. The van der Waals surface area contributed by atoms with Crippen molar-refractivity contribution in [1.29, 1.82) is 0 Å². The topological polar surface area (TPSA) is 26.3 Å². The number of rotatable bonds is 3. The average Bonchev–Trinajstić information content (AvgIpc) is 2.45. The summed E-state index contributed by atoms with van der Waals surface area (Å²) in [6.07, 6.45) is -4.38. The molecule has 23 heavy (non-hydrogen) atoms. The Labute approximate surface area is 134 Å². The maximum absolute atomic E-state index is 12.6. The number of benzene rings is 2. The van der Waals surface area contributed by atoms with E-state index in [2.05, 4.69) is 0 Å². The number of hydrogen-bond donors (Lipinski definition) is 0. The van der Waals surface area contributed by atoms with Gasteiger partial charge in [-0.05, 0) is 49.0 Å². The molecule has 0 spiro atoms. The van der Waals surface area contributed by atoms with E-state index in [0.717, 1.165) is 12.1 Å². The summed E-state index contributed by atoms with van der Waals surface area (Å²) in [5.74, 6) is -0.445. The highest BCUT2D eigenvalue weighted by molar-refractivity contribution is 6.71. The van der Waals surface area contributed by atoms with Gasteiger partial charge >= 0.3 is 12.1 Å². The molecule has 2 rings (SSSR count). The van der Waals surface area contributed by atoms with Gasteiger partial charge in [0.1, 0.15) is 0 Å². The number of alkyl halides is 3. The van der Waals surface area contributed by atoms with E-state index in [1.807, 2.05) is 19.6 Å². The molecule has 0 fully saturated rings.